The van der Waals surface area contributed by atoms with Gasteiger partial charge in [0, 0.05) is 18.0 Å². The van der Waals surface area contributed by atoms with Crippen LogP contribution in [0.15, 0.2) is 30.3 Å². The van der Waals surface area contributed by atoms with Crippen molar-refractivity contribution in [3.8, 4) is 0 Å². The van der Waals surface area contributed by atoms with Crippen molar-refractivity contribution in [1.29, 1.82) is 0 Å². The molecule has 3 nitrogen and oxygen atoms in total. The monoisotopic (exact) mass is 270 g/mol. The molecule has 3 N–H and O–H groups in total. The Morgan fingerprint density at radius 2 is 1.85 bits per heavy atom. The Bertz CT molecular complexity index is 513. The largest absolute Gasteiger partial charge is 0.352 e. The molecule has 3 heteroatoms. The molecule has 3 saturated carbocycles. The van der Waals surface area contributed by atoms with Crippen LogP contribution >= 0.6 is 0 Å². The summed E-state index contributed by atoms with van der Waals surface area (Å²) in [7, 11) is 0. The first-order valence-electron chi connectivity index (χ1n) is 7.85. The molecule has 0 aliphatic heterocycles. The van der Waals surface area contributed by atoms with Gasteiger partial charge in [-0.1, -0.05) is 30.3 Å². The third-order valence-corrected chi connectivity index (χ3v) is 5.63. The van der Waals surface area contributed by atoms with Gasteiger partial charge in [-0.3, -0.25) is 4.79 Å². The van der Waals surface area contributed by atoms with Crippen LogP contribution in [0.2, 0.25) is 0 Å². The zero-order valence-electron chi connectivity index (χ0n) is 11.7. The highest BCUT2D eigenvalue weighted by Gasteiger charge is 2.50. The van der Waals surface area contributed by atoms with E-state index in [0.717, 1.165) is 6.42 Å². The van der Waals surface area contributed by atoms with Gasteiger partial charge in [0.25, 0.3) is 0 Å². The predicted octanol–water partition coefficient (Wildman–Crippen LogP) is 2.03. The molecule has 2 bridgehead atoms. The lowest BCUT2D eigenvalue weighted by Crippen LogP contribution is -2.46. The van der Waals surface area contributed by atoms with Gasteiger partial charge in [0.15, 0.2) is 0 Å². The van der Waals surface area contributed by atoms with Crippen molar-refractivity contribution in [2.24, 2.45) is 23.5 Å². The summed E-state index contributed by atoms with van der Waals surface area (Å²) >= 11 is 0. The van der Waals surface area contributed by atoms with Gasteiger partial charge in [-0.15, -0.1) is 0 Å². The first-order valence-corrected chi connectivity index (χ1v) is 7.85. The second-order valence-corrected chi connectivity index (χ2v) is 6.80. The minimum Gasteiger partial charge on any atom is -0.352 e. The first-order chi connectivity index (χ1) is 9.74. The van der Waals surface area contributed by atoms with E-state index in [0.29, 0.717) is 23.8 Å². The topological polar surface area (TPSA) is 55.1 Å². The maximum atomic E-state index is 12.5. The van der Waals surface area contributed by atoms with Crippen molar-refractivity contribution in [3.63, 3.8) is 0 Å². The maximum absolute atomic E-state index is 12.5. The Labute approximate surface area is 119 Å². The van der Waals surface area contributed by atoms with Crippen LogP contribution < -0.4 is 11.1 Å². The fraction of sp³-hybridized carbons (Fsp3) is 0.588. The summed E-state index contributed by atoms with van der Waals surface area (Å²) in [5.41, 5.74) is 7.59. The van der Waals surface area contributed by atoms with Crippen LogP contribution in [0, 0.1) is 17.8 Å². The molecule has 0 spiro atoms. The highest BCUT2D eigenvalue weighted by Crippen LogP contribution is 2.48. The molecule has 3 aliphatic rings. The summed E-state index contributed by atoms with van der Waals surface area (Å²) in [6.07, 6.45) is 4.67. The Morgan fingerprint density at radius 3 is 2.55 bits per heavy atom. The van der Waals surface area contributed by atoms with Gasteiger partial charge in [0.1, 0.15) is 0 Å². The van der Waals surface area contributed by atoms with Gasteiger partial charge in [-0.25, -0.2) is 0 Å². The Balaban J connectivity index is 1.38. The number of nitrogens with two attached hydrogens (primary N) is 1. The zero-order chi connectivity index (χ0) is 13.7. The van der Waals surface area contributed by atoms with Crippen LogP contribution in [0.3, 0.4) is 0 Å². The van der Waals surface area contributed by atoms with Gasteiger partial charge in [-0.05, 0) is 43.1 Å². The minimum atomic E-state index is 0.0748. The van der Waals surface area contributed by atoms with Crippen LogP contribution in [0.25, 0.3) is 0 Å². The molecular weight excluding hydrogens is 248 g/mol. The van der Waals surface area contributed by atoms with E-state index in [1.807, 2.05) is 6.07 Å². The molecule has 20 heavy (non-hydrogen) atoms. The average molecular weight is 270 g/mol. The second-order valence-electron chi connectivity index (χ2n) is 6.80. The van der Waals surface area contributed by atoms with Gasteiger partial charge < -0.3 is 11.1 Å². The SMILES string of the molecule is NC1C2CCC(C2)C1C(=O)NC1CC1c1ccccc1. The summed E-state index contributed by atoms with van der Waals surface area (Å²) in [6.45, 7) is 0. The molecule has 3 aliphatic carbocycles. The van der Waals surface area contributed by atoms with Crippen LogP contribution in [-0.4, -0.2) is 18.0 Å². The van der Waals surface area contributed by atoms with E-state index < -0.39 is 0 Å². The van der Waals surface area contributed by atoms with E-state index in [1.165, 1.54) is 24.8 Å². The van der Waals surface area contributed by atoms with E-state index in [9.17, 15) is 4.79 Å². The fourth-order valence-corrected chi connectivity index (χ4v) is 4.43. The summed E-state index contributed by atoms with van der Waals surface area (Å²) in [5.74, 6) is 1.94. The van der Waals surface area contributed by atoms with E-state index in [1.54, 1.807) is 0 Å². The smallest absolute Gasteiger partial charge is 0.225 e. The van der Waals surface area contributed by atoms with E-state index in [4.69, 9.17) is 5.73 Å². The van der Waals surface area contributed by atoms with Crippen molar-refractivity contribution in [2.45, 2.75) is 43.7 Å². The number of hydrogen-bond donors (Lipinski definition) is 2. The van der Waals surface area contributed by atoms with Crippen molar-refractivity contribution in [3.05, 3.63) is 35.9 Å². The number of benzene rings is 1. The third kappa shape index (κ3) is 1.96. The Hall–Kier alpha value is -1.35. The second kappa shape index (κ2) is 4.59. The number of carbonyl (C=O) groups is 1. The molecule has 6 atom stereocenters. The summed E-state index contributed by atoms with van der Waals surface area (Å²) in [6, 6.07) is 10.9. The van der Waals surface area contributed by atoms with Crippen molar-refractivity contribution in [1.82, 2.24) is 5.32 Å². The highest BCUT2D eigenvalue weighted by atomic mass is 16.2. The zero-order valence-corrected chi connectivity index (χ0v) is 11.7. The molecular formula is C17H22N2O. The van der Waals surface area contributed by atoms with Crippen molar-refractivity contribution < 1.29 is 4.79 Å². The first kappa shape index (κ1) is 12.4. The number of rotatable bonds is 3. The van der Waals surface area contributed by atoms with Crippen molar-refractivity contribution in [2.75, 3.05) is 0 Å². The average Bonchev–Trinajstić information content (AvgIpc) is 2.93. The molecule has 1 amide bonds. The molecule has 0 radical (unpaired) electrons. The van der Waals surface area contributed by atoms with Gasteiger partial charge >= 0.3 is 0 Å². The third-order valence-electron chi connectivity index (χ3n) is 5.63. The van der Waals surface area contributed by atoms with Gasteiger partial charge in [0.05, 0.1) is 5.92 Å². The standard InChI is InChI=1S/C17H22N2O/c18-16-12-7-6-11(8-12)15(16)17(20)19-14-9-13(14)10-4-2-1-3-5-10/h1-5,11-16H,6-9,18H2,(H,19,20). The molecule has 1 aromatic carbocycles. The summed E-state index contributed by atoms with van der Waals surface area (Å²) in [4.78, 5) is 12.5. The quantitative estimate of drug-likeness (QED) is 0.883. The van der Waals surface area contributed by atoms with Crippen LogP contribution in [0.4, 0.5) is 0 Å². The molecule has 0 heterocycles. The molecule has 1 aromatic rings. The fourth-order valence-electron chi connectivity index (χ4n) is 4.43. The van der Waals surface area contributed by atoms with E-state index >= 15 is 0 Å². The number of hydrogen-bond acceptors (Lipinski definition) is 2. The normalized spacial score (nSPS) is 41.6. The van der Waals surface area contributed by atoms with Gasteiger partial charge in [-0.2, -0.15) is 0 Å². The van der Waals surface area contributed by atoms with E-state index in [-0.39, 0.29) is 17.9 Å². The summed E-state index contributed by atoms with van der Waals surface area (Å²) < 4.78 is 0. The molecule has 6 unspecified atom stereocenters. The van der Waals surface area contributed by atoms with Gasteiger partial charge in [0.2, 0.25) is 5.91 Å². The van der Waals surface area contributed by atoms with E-state index in [2.05, 4.69) is 29.6 Å². The molecule has 106 valence electrons. The summed E-state index contributed by atoms with van der Waals surface area (Å²) in [5, 5.41) is 3.24. The number of carbonyl (C=O) groups excluding carboxylic acids is 1. The highest BCUT2D eigenvalue weighted by molar-refractivity contribution is 5.81. The molecule has 0 saturated heterocycles. The van der Waals surface area contributed by atoms with Crippen LogP contribution in [0.1, 0.15) is 37.2 Å². The maximum Gasteiger partial charge on any atom is 0.225 e. The lowest BCUT2D eigenvalue weighted by Gasteiger charge is -2.27. The Morgan fingerprint density at radius 1 is 1.10 bits per heavy atom. The number of nitrogens with one attached hydrogen (secondary N) is 1. The number of amides is 1. The predicted molar refractivity (Wildman–Crippen MR) is 78.0 cm³/mol. The van der Waals surface area contributed by atoms with Crippen LogP contribution in [0.5, 0.6) is 0 Å². The molecule has 0 aromatic heterocycles. The van der Waals surface area contributed by atoms with Crippen LogP contribution in [-0.2, 0) is 4.79 Å². The Kier molecular flexibility index (Phi) is 2.84. The number of fused-ring (bicyclic) bond motifs is 2. The van der Waals surface area contributed by atoms with Crippen molar-refractivity contribution >= 4 is 5.91 Å². The lowest BCUT2D eigenvalue weighted by atomic mass is 9.84. The molecule has 4 rings (SSSR count). The lowest BCUT2D eigenvalue weighted by molar-refractivity contribution is -0.127. The molecule has 3 fully saturated rings. The minimum absolute atomic E-state index is 0.0748.